The zero-order chi connectivity index (χ0) is 9.07. The first-order valence-electron chi connectivity index (χ1n) is 4.66. The first-order valence-corrected chi connectivity index (χ1v) is 4.66. The third kappa shape index (κ3) is 9.12. The molecular formula is C12H17. The Morgan fingerprint density at radius 1 is 1.00 bits per heavy atom. The molecule has 0 amide bonds. The van der Waals surface area contributed by atoms with Crippen LogP contribution in [0.5, 0.6) is 0 Å². The Balaban J connectivity index is 3.21. The van der Waals surface area contributed by atoms with Crippen molar-refractivity contribution in [3.05, 3.63) is 6.92 Å². The van der Waals surface area contributed by atoms with Crippen LogP contribution in [0.25, 0.3) is 0 Å². The second kappa shape index (κ2) is 10.1. The fourth-order valence-electron chi connectivity index (χ4n) is 0.806. The molecule has 0 aliphatic heterocycles. The van der Waals surface area contributed by atoms with E-state index in [0.717, 1.165) is 19.3 Å². The minimum absolute atomic E-state index is 0.899. The van der Waals surface area contributed by atoms with Crippen LogP contribution in [0, 0.1) is 30.6 Å². The van der Waals surface area contributed by atoms with E-state index < -0.39 is 0 Å². The highest BCUT2D eigenvalue weighted by molar-refractivity contribution is 5.25. The van der Waals surface area contributed by atoms with Crippen LogP contribution in [0.1, 0.15) is 45.4 Å². The molecule has 0 rings (SSSR count). The molecule has 0 aliphatic carbocycles. The van der Waals surface area contributed by atoms with Crippen LogP contribution in [-0.4, -0.2) is 0 Å². The lowest BCUT2D eigenvalue weighted by Gasteiger charge is -1.90. The molecule has 0 spiro atoms. The molecule has 0 aromatic heterocycles. The monoisotopic (exact) mass is 161 g/mol. The van der Waals surface area contributed by atoms with Crippen molar-refractivity contribution in [1.82, 2.24) is 0 Å². The zero-order valence-corrected chi connectivity index (χ0v) is 7.95. The number of unbranched alkanes of at least 4 members (excludes halogenated alkanes) is 4. The van der Waals surface area contributed by atoms with Crippen molar-refractivity contribution in [2.75, 3.05) is 0 Å². The Bertz CT molecular complexity index is 192. The van der Waals surface area contributed by atoms with Gasteiger partial charge < -0.3 is 0 Å². The summed E-state index contributed by atoms with van der Waals surface area (Å²) in [6.07, 6.45) is 6.59. The highest BCUT2D eigenvalue weighted by Gasteiger charge is 1.82. The van der Waals surface area contributed by atoms with Crippen LogP contribution in [0.15, 0.2) is 0 Å². The molecule has 0 aliphatic rings. The van der Waals surface area contributed by atoms with Crippen LogP contribution >= 0.6 is 0 Å². The molecule has 0 fully saturated rings. The van der Waals surface area contributed by atoms with Crippen molar-refractivity contribution in [2.24, 2.45) is 0 Å². The Hall–Kier alpha value is -0.880. The SMILES string of the molecule is [CH2]CCCCCC#CC#CCC. The standard InChI is InChI=1S/C12H17/c1-3-5-7-9-11-12-10-8-6-4-2/h1,3-5,7,9,11H2,2H3. The summed E-state index contributed by atoms with van der Waals surface area (Å²) in [4.78, 5) is 0. The normalized spacial score (nSPS) is 7.83. The average Bonchev–Trinajstić information content (AvgIpc) is 2.10. The molecule has 0 bridgehead atoms. The summed E-state index contributed by atoms with van der Waals surface area (Å²) in [6.45, 7) is 5.82. The molecule has 0 saturated carbocycles. The van der Waals surface area contributed by atoms with Crippen molar-refractivity contribution in [3.63, 3.8) is 0 Å². The molecule has 0 nitrogen and oxygen atoms in total. The first kappa shape index (κ1) is 11.1. The predicted octanol–water partition coefficient (Wildman–Crippen LogP) is 3.19. The molecule has 0 heteroatoms. The van der Waals surface area contributed by atoms with Gasteiger partial charge in [0.25, 0.3) is 0 Å². The van der Waals surface area contributed by atoms with E-state index in [1.54, 1.807) is 0 Å². The molecule has 1 radical (unpaired) electrons. The number of hydrogen-bond donors (Lipinski definition) is 0. The summed E-state index contributed by atoms with van der Waals surface area (Å²) in [5.74, 6) is 11.6. The minimum atomic E-state index is 0.899. The van der Waals surface area contributed by atoms with Gasteiger partial charge in [-0.1, -0.05) is 45.0 Å². The highest BCUT2D eigenvalue weighted by Crippen LogP contribution is 2.00. The van der Waals surface area contributed by atoms with Gasteiger partial charge in [0.05, 0.1) is 0 Å². The van der Waals surface area contributed by atoms with Gasteiger partial charge >= 0.3 is 0 Å². The van der Waals surface area contributed by atoms with Crippen molar-refractivity contribution < 1.29 is 0 Å². The van der Waals surface area contributed by atoms with Crippen LogP contribution in [0.3, 0.4) is 0 Å². The Labute approximate surface area is 76.8 Å². The second-order valence-corrected chi connectivity index (χ2v) is 2.62. The van der Waals surface area contributed by atoms with E-state index in [2.05, 4.69) is 30.6 Å². The number of hydrogen-bond acceptors (Lipinski definition) is 0. The lowest BCUT2D eigenvalue weighted by Crippen LogP contribution is -1.73. The summed E-state index contributed by atoms with van der Waals surface area (Å²) in [5.41, 5.74) is 0. The van der Waals surface area contributed by atoms with E-state index in [1.165, 1.54) is 19.3 Å². The van der Waals surface area contributed by atoms with Gasteiger partial charge in [-0.2, -0.15) is 0 Å². The Morgan fingerprint density at radius 2 is 1.75 bits per heavy atom. The first-order chi connectivity index (χ1) is 5.91. The van der Waals surface area contributed by atoms with Crippen molar-refractivity contribution in [2.45, 2.75) is 45.4 Å². The molecule has 0 unspecified atom stereocenters. The molecular weight excluding hydrogens is 144 g/mol. The zero-order valence-electron chi connectivity index (χ0n) is 7.95. The molecule has 12 heavy (non-hydrogen) atoms. The van der Waals surface area contributed by atoms with Gasteiger partial charge in [0.1, 0.15) is 0 Å². The van der Waals surface area contributed by atoms with Gasteiger partial charge in [-0.3, -0.25) is 0 Å². The summed E-state index contributed by atoms with van der Waals surface area (Å²) in [7, 11) is 0. The van der Waals surface area contributed by atoms with Crippen molar-refractivity contribution in [3.8, 4) is 23.7 Å². The van der Waals surface area contributed by atoms with Crippen LogP contribution in [0.2, 0.25) is 0 Å². The van der Waals surface area contributed by atoms with Gasteiger partial charge in [-0.25, -0.2) is 0 Å². The quantitative estimate of drug-likeness (QED) is 0.439. The van der Waals surface area contributed by atoms with Crippen LogP contribution in [-0.2, 0) is 0 Å². The van der Waals surface area contributed by atoms with E-state index >= 15 is 0 Å². The predicted molar refractivity (Wildman–Crippen MR) is 54.3 cm³/mol. The largest absolute Gasteiger partial charge is 0.0894 e. The van der Waals surface area contributed by atoms with Crippen LogP contribution in [0.4, 0.5) is 0 Å². The molecule has 0 N–H and O–H groups in total. The van der Waals surface area contributed by atoms with E-state index in [9.17, 15) is 0 Å². The van der Waals surface area contributed by atoms with Crippen molar-refractivity contribution in [1.29, 1.82) is 0 Å². The van der Waals surface area contributed by atoms with E-state index in [-0.39, 0.29) is 0 Å². The average molecular weight is 161 g/mol. The maximum atomic E-state index is 3.79. The van der Waals surface area contributed by atoms with Gasteiger partial charge in [-0.05, 0) is 18.3 Å². The summed E-state index contributed by atoms with van der Waals surface area (Å²) in [6, 6.07) is 0. The fraction of sp³-hybridized carbons (Fsp3) is 0.583. The van der Waals surface area contributed by atoms with Crippen LogP contribution < -0.4 is 0 Å². The molecule has 0 saturated heterocycles. The molecule has 65 valence electrons. The summed E-state index contributed by atoms with van der Waals surface area (Å²) in [5, 5.41) is 0. The van der Waals surface area contributed by atoms with Crippen molar-refractivity contribution >= 4 is 0 Å². The second-order valence-electron chi connectivity index (χ2n) is 2.62. The third-order valence-electron chi connectivity index (χ3n) is 1.47. The maximum absolute atomic E-state index is 3.79. The lowest BCUT2D eigenvalue weighted by atomic mass is 10.2. The van der Waals surface area contributed by atoms with E-state index in [0.29, 0.717) is 0 Å². The van der Waals surface area contributed by atoms with Gasteiger partial charge in [0.15, 0.2) is 0 Å². The molecule has 0 atom stereocenters. The molecule has 0 heterocycles. The highest BCUT2D eigenvalue weighted by atomic mass is 13.9. The minimum Gasteiger partial charge on any atom is -0.0894 e. The van der Waals surface area contributed by atoms with E-state index in [4.69, 9.17) is 0 Å². The lowest BCUT2D eigenvalue weighted by molar-refractivity contribution is 0.701. The third-order valence-corrected chi connectivity index (χ3v) is 1.47. The topological polar surface area (TPSA) is 0 Å². The summed E-state index contributed by atoms with van der Waals surface area (Å²) < 4.78 is 0. The smallest absolute Gasteiger partial charge is 0.00989 e. The van der Waals surface area contributed by atoms with Gasteiger partial charge in [0.2, 0.25) is 0 Å². The molecule has 0 aromatic carbocycles. The summed E-state index contributed by atoms with van der Waals surface area (Å²) >= 11 is 0. The molecule has 0 aromatic rings. The Kier molecular flexibility index (Phi) is 9.38. The maximum Gasteiger partial charge on any atom is 0.00989 e. The number of rotatable bonds is 4. The van der Waals surface area contributed by atoms with Gasteiger partial charge in [-0.15, -0.1) is 0 Å². The van der Waals surface area contributed by atoms with Gasteiger partial charge in [0, 0.05) is 12.8 Å². The van der Waals surface area contributed by atoms with E-state index in [1.807, 2.05) is 6.92 Å². The fourth-order valence-corrected chi connectivity index (χ4v) is 0.806. The Morgan fingerprint density at radius 3 is 2.42 bits per heavy atom.